The zero-order valence-electron chi connectivity index (χ0n) is 9.01. The van der Waals surface area contributed by atoms with E-state index < -0.39 is 12.0 Å². The minimum absolute atomic E-state index is 0.0789. The average Bonchev–Trinajstić information content (AvgIpc) is 2.20. The molecule has 0 aliphatic carbocycles. The maximum atomic E-state index is 11.2. The SMILES string of the molecule is Cc1ccccc1N(CCC(=O)O)C(N)=O. The van der Waals surface area contributed by atoms with Crippen LogP contribution in [0.5, 0.6) is 0 Å². The predicted molar refractivity (Wildman–Crippen MR) is 60.4 cm³/mol. The first-order valence-corrected chi connectivity index (χ1v) is 4.86. The van der Waals surface area contributed by atoms with Crippen LogP contribution in [0.1, 0.15) is 12.0 Å². The molecule has 1 aromatic rings. The number of carboxylic acids is 1. The van der Waals surface area contributed by atoms with Gasteiger partial charge in [-0.15, -0.1) is 0 Å². The molecular weight excluding hydrogens is 208 g/mol. The van der Waals surface area contributed by atoms with Crippen molar-refractivity contribution in [3.05, 3.63) is 29.8 Å². The third kappa shape index (κ3) is 2.98. The summed E-state index contributed by atoms with van der Waals surface area (Å²) in [5.41, 5.74) is 6.75. The van der Waals surface area contributed by atoms with Crippen LogP contribution in [-0.4, -0.2) is 23.7 Å². The number of urea groups is 1. The second-order valence-corrected chi connectivity index (χ2v) is 3.42. The highest BCUT2D eigenvalue weighted by Crippen LogP contribution is 2.19. The van der Waals surface area contributed by atoms with E-state index >= 15 is 0 Å². The largest absolute Gasteiger partial charge is 0.481 e. The molecule has 0 bridgehead atoms. The third-order valence-electron chi connectivity index (χ3n) is 2.22. The fourth-order valence-electron chi connectivity index (χ4n) is 1.42. The number of carboxylic acid groups (broad SMARTS) is 1. The molecule has 3 N–H and O–H groups in total. The number of carbonyl (C=O) groups excluding carboxylic acids is 1. The van der Waals surface area contributed by atoms with E-state index in [0.717, 1.165) is 5.56 Å². The first kappa shape index (κ1) is 12.0. The molecule has 0 radical (unpaired) electrons. The van der Waals surface area contributed by atoms with Gasteiger partial charge in [0.1, 0.15) is 0 Å². The Balaban J connectivity index is 2.90. The smallest absolute Gasteiger partial charge is 0.319 e. The summed E-state index contributed by atoms with van der Waals surface area (Å²) >= 11 is 0. The lowest BCUT2D eigenvalue weighted by Crippen LogP contribution is -2.37. The number of nitrogens with two attached hydrogens (primary N) is 1. The van der Waals surface area contributed by atoms with Crippen molar-refractivity contribution in [3.8, 4) is 0 Å². The molecular formula is C11H14N2O3. The standard InChI is InChI=1S/C11H14N2O3/c1-8-4-2-3-5-9(8)13(11(12)16)7-6-10(14)15/h2-5H,6-7H2,1H3,(H2,12,16)(H,14,15). The Hall–Kier alpha value is -2.04. The van der Waals surface area contributed by atoms with Crippen LogP contribution >= 0.6 is 0 Å². The summed E-state index contributed by atoms with van der Waals surface area (Å²) in [7, 11) is 0. The van der Waals surface area contributed by atoms with Crippen LogP contribution in [0.2, 0.25) is 0 Å². The maximum absolute atomic E-state index is 11.2. The summed E-state index contributed by atoms with van der Waals surface area (Å²) in [5.74, 6) is -0.958. The highest BCUT2D eigenvalue weighted by Gasteiger charge is 2.15. The van der Waals surface area contributed by atoms with Crippen molar-refractivity contribution in [1.29, 1.82) is 0 Å². The lowest BCUT2D eigenvalue weighted by Gasteiger charge is -2.21. The van der Waals surface area contributed by atoms with Crippen LogP contribution in [-0.2, 0) is 4.79 Å². The topological polar surface area (TPSA) is 83.6 Å². The van der Waals surface area contributed by atoms with Gasteiger partial charge in [-0.1, -0.05) is 18.2 Å². The van der Waals surface area contributed by atoms with Crippen LogP contribution in [0, 0.1) is 6.92 Å². The van der Waals surface area contributed by atoms with E-state index in [4.69, 9.17) is 10.8 Å². The van der Waals surface area contributed by atoms with E-state index in [1.54, 1.807) is 12.1 Å². The highest BCUT2D eigenvalue weighted by atomic mass is 16.4. The molecule has 0 aliphatic rings. The maximum Gasteiger partial charge on any atom is 0.319 e. The van der Waals surface area contributed by atoms with E-state index in [9.17, 15) is 9.59 Å². The summed E-state index contributed by atoms with van der Waals surface area (Å²) in [6.45, 7) is 1.92. The van der Waals surface area contributed by atoms with Gasteiger partial charge in [-0.25, -0.2) is 4.79 Å². The van der Waals surface area contributed by atoms with Crippen molar-refractivity contribution in [1.82, 2.24) is 0 Å². The summed E-state index contributed by atoms with van der Waals surface area (Å²) in [6, 6.07) is 6.55. The Bertz CT molecular complexity index is 404. The molecule has 0 spiro atoms. The minimum atomic E-state index is -0.958. The zero-order valence-corrected chi connectivity index (χ0v) is 9.01. The fraction of sp³-hybridized carbons (Fsp3) is 0.273. The molecule has 0 fully saturated rings. The molecule has 0 saturated heterocycles. The van der Waals surface area contributed by atoms with Crippen LogP contribution < -0.4 is 10.6 Å². The number of anilines is 1. The molecule has 86 valence electrons. The lowest BCUT2D eigenvalue weighted by molar-refractivity contribution is -0.136. The van der Waals surface area contributed by atoms with Crippen molar-refractivity contribution >= 4 is 17.7 Å². The number of hydrogen-bond donors (Lipinski definition) is 2. The number of aryl methyl sites for hydroxylation is 1. The van der Waals surface area contributed by atoms with E-state index in [0.29, 0.717) is 5.69 Å². The second kappa shape index (κ2) is 5.16. The van der Waals surface area contributed by atoms with Gasteiger partial charge in [-0.3, -0.25) is 9.69 Å². The highest BCUT2D eigenvalue weighted by molar-refractivity contribution is 5.92. The first-order valence-electron chi connectivity index (χ1n) is 4.86. The number of benzene rings is 1. The predicted octanol–water partition coefficient (Wildman–Crippen LogP) is 1.35. The van der Waals surface area contributed by atoms with Crippen molar-refractivity contribution in [3.63, 3.8) is 0 Å². The molecule has 16 heavy (non-hydrogen) atoms. The molecule has 0 unspecified atom stereocenters. The number of primary amides is 1. The van der Waals surface area contributed by atoms with Gasteiger partial charge in [-0.2, -0.15) is 0 Å². The molecule has 0 atom stereocenters. The lowest BCUT2D eigenvalue weighted by atomic mass is 10.2. The van der Waals surface area contributed by atoms with Gasteiger partial charge in [0.25, 0.3) is 0 Å². The number of rotatable bonds is 4. The van der Waals surface area contributed by atoms with Gasteiger partial charge in [0.05, 0.1) is 6.42 Å². The first-order chi connectivity index (χ1) is 7.52. The number of carbonyl (C=O) groups is 2. The van der Waals surface area contributed by atoms with Gasteiger partial charge in [0.15, 0.2) is 0 Å². The number of nitrogens with zero attached hydrogens (tertiary/aromatic N) is 1. The molecule has 0 aliphatic heterocycles. The molecule has 0 saturated carbocycles. The van der Waals surface area contributed by atoms with E-state index in [1.807, 2.05) is 19.1 Å². The summed E-state index contributed by atoms with van der Waals surface area (Å²) in [4.78, 5) is 23.0. The Morgan fingerprint density at radius 1 is 1.38 bits per heavy atom. The monoisotopic (exact) mass is 222 g/mol. The van der Waals surface area contributed by atoms with Gasteiger partial charge >= 0.3 is 12.0 Å². The third-order valence-corrected chi connectivity index (χ3v) is 2.22. The number of aliphatic carboxylic acids is 1. The van der Waals surface area contributed by atoms with Crippen LogP contribution in [0.15, 0.2) is 24.3 Å². The van der Waals surface area contributed by atoms with Gasteiger partial charge in [0, 0.05) is 12.2 Å². The Labute approximate surface area is 93.5 Å². The molecule has 1 aromatic carbocycles. The van der Waals surface area contributed by atoms with Crippen LogP contribution in [0.4, 0.5) is 10.5 Å². The van der Waals surface area contributed by atoms with Crippen LogP contribution in [0.3, 0.4) is 0 Å². The Kier molecular flexibility index (Phi) is 3.88. The summed E-state index contributed by atoms with van der Waals surface area (Å²) in [5, 5.41) is 8.58. The molecule has 0 aromatic heterocycles. The summed E-state index contributed by atoms with van der Waals surface area (Å²) < 4.78 is 0. The molecule has 0 heterocycles. The van der Waals surface area contributed by atoms with E-state index in [1.165, 1.54) is 4.90 Å². The van der Waals surface area contributed by atoms with Crippen molar-refractivity contribution in [2.75, 3.05) is 11.4 Å². The van der Waals surface area contributed by atoms with E-state index in [2.05, 4.69) is 0 Å². The fourth-order valence-corrected chi connectivity index (χ4v) is 1.42. The minimum Gasteiger partial charge on any atom is -0.481 e. The van der Waals surface area contributed by atoms with Gasteiger partial charge < -0.3 is 10.8 Å². The van der Waals surface area contributed by atoms with Crippen molar-refractivity contribution in [2.45, 2.75) is 13.3 Å². The normalized spacial score (nSPS) is 9.81. The zero-order chi connectivity index (χ0) is 12.1. The number of para-hydroxylation sites is 1. The van der Waals surface area contributed by atoms with Crippen molar-refractivity contribution < 1.29 is 14.7 Å². The van der Waals surface area contributed by atoms with Gasteiger partial charge in [0.2, 0.25) is 0 Å². The molecule has 2 amide bonds. The van der Waals surface area contributed by atoms with Crippen molar-refractivity contribution in [2.24, 2.45) is 5.73 Å². The Morgan fingerprint density at radius 2 is 2.00 bits per heavy atom. The number of hydrogen-bond acceptors (Lipinski definition) is 2. The Morgan fingerprint density at radius 3 is 2.50 bits per heavy atom. The van der Waals surface area contributed by atoms with Crippen LogP contribution in [0.25, 0.3) is 0 Å². The van der Waals surface area contributed by atoms with Gasteiger partial charge in [-0.05, 0) is 18.6 Å². The second-order valence-electron chi connectivity index (χ2n) is 3.42. The number of amides is 2. The quantitative estimate of drug-likeness (QED) is 0.806. The molecule has 5 nitrogen and oxygen atoms in total. The summed E-state index contributed by atoms with van der Waals surface area (Å²) in [6.07, 6.45) is -0.128. The molecule has 1 rings (SSSR count). The average molecular weight is 222 g/mol. The molecule has 5 heteroatoms. The van der Waals surface area contributed by atoms with E-state index in [-0.39, 0.29) is 13.0 Å².